The third-order valence-corrected chi connectivity index (χ3v) is 3.14. The van der Waals surface area contributed by atoms with E-state index in [0.717, 1.165) is 0 Å². The molecule has 1 aromatic carbocycles. The minimum atomic E-state index is -5.44. The molecule has 0 spiro atoms. The molecule has 0 unspecified atom stereocenters. The third-order valence-electron chi connectivity index (χ3n) is 2.06. The monoisotopic (exact) mass is 269 g/mol. The van der Waals surface area contributed by atoms with Crippen LogP contribution in [0.4, 0.5) is 18.9 Å². The number of alkyl halides is 3. The van der Waals surface area contributed by atoms with Gasteiger partial charge in [0.1, 0.15) is 5.75 Å². The highest BCUT2D eigenvalue weighted by Gasteiger charge is 2.46. The molecule has 0 aliphatic rings. The number of nitrogens with one attached hydrogen (secondary N) is 1. The molecule has 4 nitrogen and oxygen atoms in total. The van der Waals surface area contributed by atoms with Crippen molar-refractivity contribution >= 4 is 15.7 Å². The average Bonchev–Trinajstić information content (AvgIpc) is 2.09. The highest BCUT2D eigenvalue weighted by atomic mass is 32.2. The van der Waals surface area contributed by atoms with Crippen LogP contribution in [0.15, 0.2) is 12.1 Å². The van der Waals surface area contributed by atoms with Gasteiger partial charge < -0.3 is 5.11 Å². The van der Waals surface area contributed by atoms with Gasteiger partial charge >= 0.3 is 15.5 Å². The highest BCUT2D eigenvalue weighted by Crippen LogP contribution is 2.30. The van der Waals surface area contributed by atoms with Crippen LogP contribution in [0.2, 0.25) is 0 Å². The van der Waals surface area contributed by atoms with Gasteiger partial charge in [0.05, 0.1) is 5.69 Å². The van der Waals surface area contributed by atoms with E-state index in [1.165, 1.54) is 30.7 Å². The maximum absolute atomic E-state index is 12.2. The summed E-state index contributed by atoms with van der Waals surface area (Å²) in [7, 11) is -5.44. The molecule has 0 amide bonds. The predicted molar refractivity (Wildman–Crippen MR) is 56.2 cm³/mol. The molecule has 1 aromatic rings. The van der Waals surface area contributed by atoms with Crippen molar-refractivity contribution in [3.63, 3.8) is 0 Å². The van der Waals surface area contributed by atoms with E-state index in [1.54, 1.807) is 0 Å². The Balaban J connectivity index is 3.22. The number of rotatable bonds is 2. The zero-order valence-electron chi connectivity index (χ0n) is 8.96. The largest absolute Gasteiger partial charge is 0.516 e. The van der Waals surface area contributed by atoms with Gasteiger partial charge in [-0.05, 0) is 37.1 Å². The lowest BCUT2D eigenvalue weighted by Crippen LogP contribution is -2.30. The summed E-state index contributed by atoms with van der Waals surface area (Å²) in [6.07, 6.45) is 0. The van der Waals surface area contributed by atoms with Crippen LogP contribution in [0.3, 0.4) is 0 Å². The predicted octanol–water partition coefficient (Wildman–Crippen LogP) is 2.27. The van der Waals surface area contributed by atoms with Gasteiger partial charge in [-0.1, -0.05) is 0 Å². The van der Waals surface area contributed by atoms with E-state index in [1.807, 2.05) is 0 Å². The van der Waals surface area contributed by atoms with Gasteiger partial charge in [0, 0.05) is 0 Å². The molecular weight excluding hydrogens is 259 g/mol. The normalized spacial score (nSPS) is 12.5. The molecule has 17 heavy (non-hydrogen) atoms. The summed E-state index contributed by atoms with van der Waals surface area (Å²) < 4.78 is 59.8. The van der Waals surface area contributed by atoms with E-state index >= 15 is 0 Å². The zero-order chi connectivity index (χ0) is 13.4. The van der Waals surface area contributed by atoms with E-state index in [4.69, 9.17) is 0 Å². The van der Waals surface area contributed by atoms with E-state index in [-0.39, 0.29) is 22.6 Å². The molecule has 0 aliphatic carbocycles. The summed E-state index contributed by atoms with van der Waals surface area (Å²) in [5, 5.41) is 9.18. The third kappa shape index (κ3) is 2.82. The number of aromatic hydroxyl groups is 1. The van der Waals surface area contributed by atoms with Crippen LogP contribution in [0, 0.1) is 13.8 Å². The van der Waals surface area contributed by atoms with Crippen molar-refractivity contribution in [2.45, 2.75) is 19.4 Å². The quantitative estimate of drug-likeness (QED) is 0.809. The molecule has 0 heterocycles. The molecule has 96 valence electrons. The first-order valence-electron chi connectivity index (χ1n) is 4.44. The van der Waals surface area contributed by atoms with Crippen LogP contribution < -0.4 is 4.72 Å². The second-order valence-corrected chi connectivity index (χ2v) is 5.18. The maximum Gasteiger partial charge on any atom is 0.516 e. The molecule has 0 atom stereocenters. The summed E-state index contributed by atoms with van der Waals surface area (Å²) in [4.78, 5) is 0. The second kappa shape index (κ2) is 4.10. The first-order valence-corrected chi connectivity index (χ1v) is 5.92. The van der Waals surface area contributed by atoms with E-state index < -0.39 is 15.5 Å². The van der Waals surface area contributed by atoms with Crippen LogP contribution in [0.1, 0.15) is 11.1 Å². The molecule has 0 saturated heterocycles. The van der Waals surface area contributed by atoms with Gasteiger partial charge in [-0.15, -0.1) is 0 Å². The Kier molecular flexibility index (Phi) is 3.28. The van der Waals surface area contributed by atoms with Gasteiger partial charge in [-0.3, -0.25) is 4.72 Å². The Labute approximate surface area is 96.1 Å². The molecule has 2 N–H and O–H groups in total. The number of hydrogen-bond donors (Lipinski definition) is 2. The molecule has 0 aliphatic heterocycles. The molecule has 0 aromatic heterocycles. The number of anilines is 1. The molecule has 0 radical (unpaired) electrons. The smallest absolute Gasteiger partial charge is 0.508 e. The van der Waals surface area contributed by atoms with Gasteiger partial charge in [0.15, 0.2) is 0 Å². The number of aryl methyl sites for hydroxylation is 2. The first kappa shape index (κ1) is 13.6. The van der Waals surface area contributed by atoms with Crippen LogP contribution in [-0.2, 0) is 10.0 Å². The molecule has 0 saturated carbocycles. The van der Waals surface area contributed by atoms with Crippen molar-refractivity contribution in [1.29, 1.82) is 0 Å². The summed E-state index contributed by atoms with van der Waals surface area (Å²) in [5.74, 6) is -0.144. The number of hydrogen-bond acceptors (Lipinski definition) is 3. The molecule has 0 bridgehead atoms. The summed E-state index contributed by atoms with van der Waals surface area (Å²) in [6, 6.07) is 2.34. The lowest BCUT2D eigenvalue weighted by Gasteiger charge is -2.15. The fraction of sp³-hybridized carbons (Fsp3) is 0.333. The molecule has 8 heteroatoms. The Morgan fingerprint density at radius 1 is 1.18 bits per heavy atom. The molecule has 0 fully saturated rings. The van der Waals surface area contributed by atoms with Crippen LogP contribution in [0.25, 0.3) is 0 Å². The lowest BCUT2D eigenvalue weighted by molar-refractivity contribution is -0.0429. The zero-order valence-corrected chi connectivity index (χ0v) is 9.78. The van der Waals surface area contributed by atoms with Crippen LogP contribution in [-0.4, -0.2) is 19.0 Å². The minimum absolute atomic E-state index is 0.144. The first-order chi connectivity index (χ1) is 7.54. The minimum Gasteiger partial charge on any atom is -0.508 e. The van der Waals surface area contributed by atoms with Crippen LogP contribution in [0.5, 0.6) is 5.75 Å². The molecule has 1 rings (SSSR count). The Morgan fingerprint density at radius 2 is 1.59 bits per heavy atom. The van der Waals surface area contributed by atoms with Gasteiger partial charge in [-0.25, -0.2) is 0 Å². The van der Waals surface area contributed by atoms with E-state index in [2.05, 4.69) is 0 Å². The SMILES string of the molecule is Cc1cc(O)cc(C)c1NS(=O)(=O)C(F)(F)F. The van der Waals surface area contributed by atoms with Crippen molar-refractivity contribution < 1.29 is 26.7 Å². The van der Waals surface area contributed by atoms with Gasteiger partial charge in [0.2, 0.25) is 0 Å². The number of halogens is 3. The average molecular weight is 269 g/mol. The van der Waals surface area contributed by atoms with Crippen LogP contribution >= 0.6 is 0 Å². The van der Waals surface area contributed by atoms with Crippen molar-refractivity contribution in [2.75, 3.05) is 4.72 Å². The van der Waals surface area contributed by atoms with Gasteiger partial charge in [-0.2, -0.15) is 21.6 Å². The van der Waals surface area contributed by atoms with Crippen molar-refractivity contribution in [3.8, 4) is 5.75 Å². The second-order valence-electron chi connectivity index (χ2n) is 3.51. The lowest BCUT2D eigenvalue weighted by atomic mass is 10.1. The number of benzene rings is 1. The standard InChI is InChI=1S/C9H10F3NO3S/c1-5-3-7(14)4-6(2)8(5)13-17(15,16)9(10,11)12/h3-4,13-14H,1-2H3. The Hall–Kier alpha value is -1.44. The summed E-state index contributed by atoms with van der Waals surface area (Å²) in [6.45, 7) is 2.78. The van der Waals surface area contributed by atoms with Crippen molar-refractivity contribution in [1.82, 2.24) is 0 Å². The Morgan fingerprint density at radius 3 is 1.94 bits per heavy atom. The van der Waals surface area contributed by atoms with E-state index in [9.17, 15) is 26.7 Å². The number of phenolic OH excluding ortho intramolecular Hbond substituents is 1. The highest BCUT2D eigenvalue weighted by molar-refractivity contribution is 7.93. The van der Waals surface area contributed by atoms with E-state index in [0.29, 0.717) is 0 Å². The van der Waals surface area contributed by atoms with Crippen molar-refractivity contribution in [3.05, 3.63) is 23.3 Å². The maximum atomic E-state index is 12.2. The fourth-order valence-electron chi connectivity index (χ4n) is 1.29. The summed E-state index contributed by atoms with van der Waals surface area (Å²) >= 11 is 0. The topological polar surface area (TPSA) is 66.4 Å². The summed E-state index contributed by atoms with van der Waals surface area (Å²) in [5.41, 5.74) is -5.14. The molecular formula is C9H10F3NO3S. The Bertz CT molecular complexity index is 514. The fourth-order valence-corrected chi connectivity index (χ4v) is 2.00. The van der Waals surface area contributed by atoms with Gasteiger partial charge in [0.25, 0.3) is 0 Å². The van der Waals surface area contributed by atoms with Crippen molar-refractivity contribution in [2.24, 2.45) is 0 Å². The number of sulfonamides is 1. The number of phenols is 1.